The molecule has 3 aromatic rings. The van der Waals surface area contributed by atoms with Crippen molar-refractivity contribution in [2.75, 3.05) is 59.3 Å². The largest absolute Gasteiger partial charge is 0.493 e. The monoisotopic (exact) mass is 740 g/mol. The quantitative estimate of drug-likeness (QED) is 0.298. The highest BCUT2D eigenvalue weighted by molar-refractivity contribution is 7.89. The Labute approximate surface area is 300 Å². The predicted octanol–water partition coefficient (Wildman–Crippen LogP) is 6.11. The lowest BCUT2D eigenvalue weighted by atomic mass is 9.93. The van der Waals surface area contributed by atoms with Crippen molar-refractivity contribution in [3.8, 4) is 5.75 Å². The molecule has 0 radical (unpaired) electrons. The van der Waals surface area contributed by atoms with Gasteiger partial charge in [-0.2, -0.15) is 0 Å². The van der Waals surface area contributed by atoms with E-state index in [9.17, 15) is 18.0 Å². The fraction of sp³-hybridized carbons (Fsp3) is 0.364. The second-order valence-corrected chi connectivity index (χ2v) is 14.6. The summed E-state index contributed by atoms with van der Waals surface area (Å²) in [4.78, 5) is 37.2. The molecular weight excluding hydrogens is 699 g/mol. The van der Waals surface area contributed by atoms with Gasteiger partial charge in [-0.25, -0.2) is 17.5 Å². The number of amidine groups is 1. The predicted molar refractivity (Wildman–Crippen MR) is 196 cm³/mol. The van der Waals surface area contributed by atoms with Crippen molar-refractivity contribution in [3.63, 3.8) is 0 Å². The lowest BCUT2D eigenvalue weighted by molar-refractivity contribution is -0.120. The van der Waals surface area contributed by atoms with Crippen LogP contribution in [0.4, 0.5) is 10.5 Å². The third-order valence-electron chi connectivity index (χ3n) is 8.12. The van der Waals surface area contributed by atoms with E-state index in [1.807, 2.05) is 31.2 Å². The molecule has 1 fully saturated rings. The Hall–Kier alpha value is -3.55. The van der Waals surface area contributed by atoms with Crippen LogP contribution in [0.1, 0.15) is 45.0 Å². The molecule has 3 amide bonds. The van der Waals surface area contributed by atoms with E-state index < -0.39 is 22.1 Å². The number of amides is 3. The molecule has 2 heterocycles. The first-order valence-corrected chi connectivity index (χ1v) is 17.4. The molecule has 0 spiro atoms. The third kappa shape index (κ3) is 7.52. The zero-order valence-electron chi connectivity index (χ0n) is 27.3. The second-order valence-electron chi connectivity index (χ2n) is 11.6. The number of benzene rings is 3. The SMILES string of the molecule is CCOc1cc(N(C)C)c(S(=O)(=O)N(C)C)cc1C1=N[C@@H](c2ccc(Cl)cc2)[C@@H](c2ccc(Cl)cc2)N1C(=O)N1CCNC(=O)CC1.Cl.[HH].[HH]. The number of sulfonamides is 1. The number of rotatable bonds is 8. The first kappa shape index (κ1) is 37.3. The van der Waals surface area contributed by atoms with Gasteiger partial charge in [0.1, 0.15) is 22.5 Å². The first-order valence-electron chi connectivity index (χ1n) is 15.2. The fourth-order valence-corrected chi connectivity index (χ4v) is 7.13. The Bertz CT molecular complexity index is 1800. The fourth-order valence-electron chi connectivity index (χ4n) is 5.72. The van der Waals surface area contributed by atoms with E-state index in [0.29, 0.717) is 33.6 Å². The molecule has 262 valence electrons. The summed E-state index contributed by atoms with van der Waals surface area (Å²) >= 11 is 12.6. The number of anilines is 1. The maximum atomic E-state index is 14.8. The Morgan fingerprint density at radius 1 is 1.00 bits per heavy atom. The molecule has 15 heteroatoms. The van der Waals surface area contributed by atoms with Gasteiger partial charge in [0.05, 0.1) is 23.9 Å². The van der Waals surface area contributed by atoms with Gasteiger partial charge < -0.3 is 19.9 Å². The summed E-state index contributed by atoms with van der Waals surface area (Å²) in [5.74, 6) is 0.465. The first-order chi connectivity index (χ1) is 22.3. The average molecular weight is 742 g/mol. The summed E-state index contributed by atoms with van der Waals surface area (Å²) < 4.78 is 34.7. The molecule has 1 saturated heterocycles. The highest BCUT2D eigenvalue weighted by atomic mass is 35.5. The van der Waals surface area contributed by atoms with Crippen molar-refractivity contribution in [1.29, 1.82) is 0 Å². The molecule has 3 aromatic carbocycles. The van der Waals surface area contributed by atoms with E-state index >= 15 is 0 Å². The second kappa shape index (κ2) is 15.3. The number of ether oxygens (including phenoxy) is 1. The summed E-state index contributed by atoms with van der Waals surface area (Å²) in [6.07, 6.45) is 0.144. The smallest absolute Gasteiger partial charge is 0.326 e. The highest BCUT2D eigenvalue weighted by Crippen LogP contribution is 2.46. The number of hydrogen-bond donors (Lipinski definition) is 1. The van der Waals surface area contributed by atoms with Crippen molar-refractivity contribution in [3.05, 3.63) is 87.4 Å². The number of carbonyl (C=O) groups excluding carboxylic acids is 2. The van der Waals surface area contributed by atoms with Gasteiger partial charge in [0.25, 0.3) is 0 Å². The van der Waals surface area contributed by atoms with E-state index in [2.05, 4.69) is 5.32 Å². The molecular formula is C33H43Cl3N6O5S. The van der Waals surface area contributed by atoms with Crippen LogP contribution in [-0.2, 0) is 14.8 Å². The number of hydrogen-bond acceptors (Lipinski definition) is 7. The molecule has 0 unspecified atom stereocenters. The Morgan fingerprint density at radius 2 is 1.60 bits per heavy atom. The lowest BCUT2D eigenvalue weighted by Crippen LogP contribution is -2.47. The summed E-state index contributed by atoms with van der Waals surface area (Å²) in [5.41, 5.74) is 2.31. The normalized spacial score (nSPS) is 18.2. The Kier molecular flexibility index (Phi) is 11.9. The standard InChI is InChI=1S/C33H38Cl2N6O5S.ClH.2H2/c1-6-46-27-20-26(38(2)3)28(47(44,45)39(4)5)19-25(27)32-37-30(21-7-11-23(34)12-8-21)31(22-9-13-24(35)14-10-22)41(32)33(43)40-17-15-29(42)36-16-18-40;;;/h7-14,19-20,30-31H,6,15-18H2,1-5H3,(H,36,42);3*1H/t30-,31+;;;/m0.../s1. The van der Waals surface area contributed by atoms with Crippen LogP contribution in [0.5, 0.6) is 5.75 Å². The van der Waals surface area contributed by atoms with Gasteiger partial charge in [0.15, 0.2) is 0 Å². The number of nitrogens with one attached hydrogen (secondary N) is 1. The van der Waals surface area contributed by atoms with Gasteiger partial charge in [0.2, 0.25) is 15.9 Å². The van der Waals surface area contributed by atoms with E-state index in [1.165, 1.54) is 20.2 Å². The molecule has 0 aromatic heterocycles. The minimum atomic E-state index is -3.95. The van der Waals surface area contributed by atoms with Gasteiger partial charge in [-0.3, -0.25) is 14.7 Å². The van der Waals surface area contributed by atoms with E-state index in [-0.39, 0.29) is 64.0 Å². The number of urea groups is 1. The molecule has 2 atom stereocenters. The van der Waals surface area contributed by atoms with Crippen LogP contribution in [0.25, 0.3) is 0 Å². The van der Waals surface area contributed by atoms with Gasteiger partial charge >= 0.3 is 6.03 Å². The minimum absolute atomic E-state index is 0. The molecule has 11 nitrogen and oxygen atoms in total. The van der Waals surface area contributed by atoms with Gasteiger partial charge in [-0.15, -0.1) is 12.4 Å². The molecule has 0 saturated carbocycles. The summed E-state index contributed by atoms with van der Waals surface area (Å²) in [5, 5.41) is 3.90. The Balaban J connectivity index is 0.00000289. The van der Waals surface area contributed by atoms with Crippen molar-refractivity contribution >= 4 is 69.1 Å². The summed E-state index contributed by atoms with van der Waals surface area (Å²) in [6.45, 7) is 2.89. The van der Waals surface area contributed by atoms with Crippen LogP contribution in [0.15, 0.2) is 70.6 Å². The van der Waals surface area contributed by atoms with Crippen LogP contribution >= 0.6 is 35.6 Å². The Morgan fingerprint density at radius 3 is 2.17 bits per heavy atom. The van der Waals surface area contributed by atoms with Crippen LogP contribution in [-0.4, -0.2) is 94.7 Å². The number of aliphatic imine (C=N–C) groups is 1. The number of nitrogens with zero attached hydrogens (tertiary/aromatic N) is 5. The van der Waals surface area contributed by atoms with Gasteiger partial charge in [0, 0.05) is 73.2 Å². The topological polar surface area (TPSA) is 115 Å². The summed E-state index contributed by atoms with van der Waals surface area (Å²) in [7, 11) is 2.49. The van der Waals surface area contributed by atoms with Gasteiger partial charge in [-0.05, 0) is 48.4 Å². The molecule has 2 aliphatic rings. The zero-order valence-corrected chi connectivity index (χ0v) is 30.5. The minimum Gasteiger partial charge on any atom is -0.493 e. The van der Waals surface area contributed by atoms with Crippen molar-refractivity contribution in [2.45, 2.75) is 30.3 Å². The van der Waals surface area contributed by atoms with E-state index in [4.69, 9.17) is 32.9 Å². The maximum absolute atomic E-state index is 14.8. The molecule has 0 bridgehead atoms. The molecule has 1 N–H and O–H groups in total. The zero-order chi connectivity index (χ0) is 34.0. The van der Waals surface area contributed by atoms with Crippen LogP contribution in [0.3, 0.4) is 0 Å². The van der Waals surface area contributed by atoms with Crippen molar-refractivity contribution in [1.82, 2.24) is 19.4 Å². The highest BCUT2D eigenvalue weighted by Gasteiger charge is 2.45. The average Bonchev–Trinajstić information content (AvgIpc) is 3.29. The van der Waals surface area contributed by atoms with Crippen LogP contribution < -0.4 is 15.0 Å². The third-order valence-corrected chi connectivity index (χ3v) is 10.5. The number of carbonyl (C=O) groups is 2. The molecule has 5 rings (SSSR count). The number of halogens is 3. The lowest BCUT2D eigenvalue weighted by Gasteiger charge is -2.34. The van der Waals surface area contributed by atoms with Crippen LogP contribution in [0.2, 0.25) is 10.0 Å². The molecule has 2 aliphatic heterocycles. The molecule has 0 aliphatic carbocycles. The van der Waals surface area contributed by atoms with Crippen molar-refractivity contribution in [2.24, 2.45) is 4.99 Å². The van der Waals surface area contributed by atoms with E-state index in [1.54, 1.807) is 59.1 Å². The summed E-state index contributed by atoms with van der Waals surface area (Å²) in [6, 6.07) is 16.0. The molecule has 48 heavy (non-hydrogen) atoms. The maximum Gasteiger partial charge on any atom is 0.326 e. The van der Waals surface area contributed by atoms with E-state index in [0.717, 1.165) is 15.4 Å². The van der Waals surface area contributed by atoms with Crippen molar-refractivity contribution < 1.29 is 25.6 Å². The van der Waals surface area contributed by atoms with Crippen LogP contribution in [0, 0.1) is 0 Å². The van der Waals surface area contributed by atoms with Gasteiger partial charge in [-0.1, -0.05) is 47.5 Å².